The first kappa shape index (κ1) is 28.8. The maximum Gasteiger partial charge on any atom is 0.175 e. The summed E-state index contributed by atoms with van der Waals surface area (Å²) in [6.45, 7) is 7.56. The number of tetrazole rings is 1. The lowest BCUT2D eigenvalue weighted by Gasteiger charge is -2.23. The van der Waals surface area contributed by atoms with Gasteiger partial charge in [-0.05, 0) is 91.2 Å². The highest BCUT2D eigenvalue weighted by Crippen LogP contribution is 2.42. The van der Waals surface area contributed by atoms with Crippen molar-refractivity contribution in [2.24, 2.45) is 0 Å². The molecule has 0 unspecified atom stereocenters. The zero-order valence-electron chi connectivity index (χ0n) is 24.3. The Kier molecular flexibility index (Phi) is 6.99. The van der Waals surface area contributed by atoms with Crippen LogP contribution in [0.2, 0.25) is 0 Å². The zero-order valence-corrected chi connectivity index (χ0v) is 26.0. The Morgan fingerprint density at radius 2 is 1.63 bits per heavy atom. The molecular weight excluding hydrogens is 581 g/mol. The van der Waals surface area contributed by atoms with Crippen LogP contribution < -0.4 is 0 Å². The number of hydrogen-bond acceptors (Lipinski definition) is 9. The van der Waals surface area contributed by atoms with Crippen molar-refractivity contribution in [1.29, 1.82) is 0 Å². The molecule has 3 heterocycles. The van der Waals surface area contributed by atoms with Crippen LogP contribution in [0.1, 0.15) is 44.1 Å². The maximum absolute atomic E-state index is 12.1. The molecule has 3 aromatic carbocycles. The number of pyridine rings is 1. The number of thiazole rings is 1. The summed E-state index contributed by atoms with van der Waals surface area (Å²) >= 11 is 1.42. The molecular formula is C32H30N6O3S2. The Hall–Kier alpha value is -4.32. The zero-order chi connectivity index (χ0) is 30.6. The van der Waals surface area contributed by atoms with Crippen LogP contribution in [0.4, 0.5) is 0 Å². The number of nitrogens with one attached hydrogen (secondary N) is 1. The monoisotopic (exact) mass is 610 g/mol. The fourth-order valence-electron chi connectivity index (χ4n) is 4.99. The van der Waals surface area contributed by atoms with Crippen molar-refractivity contribution in [1.82, 2.24) is 30.6 Å². The lowest BCUT2D eigenvalue weighted by molar-refractivity contribution is 0.0783. The molecule has 0 bridgehead atoms. The third kappa shape index (κ3) is 5.47. The molecule has 0 spiro atoms. The highest BCUT2D eigenvalue weighted by atomic mass is 32.2. The number of fused-ring (bicyclic) bond motifs is 1. The van der Waals surface area contributed by atoms with Crippen LogP contribution in [0.15, 0.2) is 83.9 Å². The molecule has 3 aromatic heterocycles. The van der Waals surface area contributed by atoms with Crippen molar-refractivity contribution in [2.45, 2.75) is 43.6 Å². The lowest BCUT2D eigenvalue weighted by atomic mass is 9.81. The number of nitrogens with zero attached hydrogens (tertiary/aromatic N) is 5. The van der Waals surface area contributed by atoms with E-state index >= 15 is 0 Å². The van der Waals surface area contributed by atoms with E-state index in [9.17, 15) is 13.5 Å². The van der Waals surface area contributed by atoms with Crippen LogP contribution in [-0.2, 0) is 20.9 Å². The fourth-order valence-corrected chi connectivity index (χ4v) is 6.71. The average molecular weight is 611 g/mol. The van der Waals surface area contributed by atoms with E-state index in [1.165, 1.54) is 17.6 Å². The second-order valence-electron chi connectivity index (χ2n) is 11.6. The Labute approximate surface area is 253 Å². The summed E-state index contributed by atoms with van der Waals surface area (Å²) in [4.78, 5) is 10.7. The van der Waals surface area contributed by atoms with Crippen molar-refractivity contribution >= 4 is 32.1 Å². The first-order valence-electron chi connectivity index (χ1n) is 13.6. The molecule has 0 fully saturated rings. The topological polar surface area (TPSA) is 135 Å². The molecule has 0 aliphatic rings. The van der Waals surface area contributed by atoms with Crippen molar-refractivity contribution in [3.63, 3.8) is 0 Å². The van der Waals surface area contributed by atoms with Gasteiger partial charge in [-0.15, -0.1) is 16.4 Å². The standard InChI is InChI=1S/C32H30N6O3S2/c1-31(2,29-35-37-38-36-29)23-17-21-10-7-15-33-26(21)25(18-23)20-8-6-9-22(16-20)28-27(34-30(42-28)32(3,4)39)19-11-13-24(14-12-19)43(5,40)41/h6-18,39H,1-5H3,(H,35,36,37,38). The van der Waals surface area contributed by atoms with Crippen LogP contribution in [0.3, 0.4) is 0 Å². The molecule has 0 saturated heterocycles. The molecule has 0 radical (unpaired) electrons. The van der Waals surface area contributed by atoms with Crippen molar-refractivity contribution < 1.29 is 13.5 Å². The van der Waals surface area contributed by atoms with E-state index in [0.29, 0.717) is 16.5 Å². The van der Waals surface area contributed by atoms with Gasteiger partial charge in [0.2, 0.25) is 0 Å². The van der Waals surface area contributed by atoms with Gasteiger partial charge < -0.3 is 5.11 Å². The number of benzene rings is 3. The van der Waals surface area contributed by atoms with Crippen molar-refractivity contribution in [3.8, 4) is 32.8 Å². The summed E-state index contributed by atoms with van der Waals surface area (Å²) < 4.78 is 24.1. The third-order valence-electron chi connectivity index (χ3n) is 7.51. The smallest absolute Gasteiger partial charge is 0.175 e. The van der Waals surface area contributed by atoms with E-state index < -0.39 is 20.9 Å². The number of rotatable bonds is 7. The van der Waals surface area contributed by atoms with Gasteiger partial charge in [-0.3, -0.25) is 4.98 Å². The molecule has 0 amide bonds. The SMILES string of the molecule is CC(C)(O)c1nc(-c2ccc(S(C)(=O)=O)cc2)c(-c2cccc(-c3cc(C(C)(C)c4nnn[nH]4)cc4cccnc34)c2)s1. The normalized spacial score (nSPS) is 12.6. The average Bonchev–Trinajstić information content (AvgIpc) is 3.68. The highest BCUT2D eigenvalue weighted by Gasteiger charge is 2.29. The molecule has 11 heteroatoms. The van der Waals surface area contributed by atoms with Crippen LogP contribution in [0.5, 0.6) is 0 Å². The van der Waals surface area contributed by atoms with Crippen molar-refractivity contribution in [3.05, 3.63) is 95.4 Å². The van der Waals surface area contributed by atoms with Gasteiger partial charge in [-0.1, -0.05) is 36.4 Å². The van der Waals surface area contributed by atoms with Crippen molar-refractivity contribution in [2.75, 3.05) is 6.26 Å². The van der Waals surface area contributed by atoms with Crippen LogP contribution in [-0.4, -0.2) is 50.4 Å². The lowest BCUT2D eigenvalue weighted by Crippen LogP contribution is -2.21. The minimum atomic E-state index is -3.34. The molecule has 218 valence electrons. The van der Waals surface area contributed by atoms with Gasteiger partial charge in [0.1, 0.15) is 10.6 Å². The third-order valence-corrected chi connectivity index (χ3v) is 10.1. The number of aliphatic hydroxyl groups is 1. The summed E-state index contributed by atoms with van der Waals surface area (Å²) in [6.07, 6.45) is 2.98. The predicted molar refractivity (Wildman–Crippen MR) is 168 cm³/mol. The van der Waals surface area contributed by atoms with Gasteiger partial charge in [0.25, 0.3) is 0 Å². The number of aromatic nitrogens is 6. The Balaban J connectivity index is 1.52. The van der Waals surface area contributed by atoms with Crippen LogP contribution in [0, 0.1) is 0 Å². The largest absolute Gasteiger partial charge is 0.383 e. The van der Waals surface area contributed by atoms with Gasteiger partial charge in [0, 0.05) is 29.0 Å². The molecule has 6 rings (SSSR count). The number of sulfone groups is 1. The quantitative estimate of drug-likeness (QED) is 0.219. The Bertz CT molecular complexity index is 2060. The van der Waals surface area contributed by atoms with E-state index in [0.717, 1.165) is 43.6 Å². The Morgan fingerprint density at radius 3 is 2.30 bits per heavy atom. The van der Waals surface area contributed by atoms with E-state index in [2.05, 4.69) is 58.7 Å². The molecule has 0 aliphatic carbocycles. The van der Waals surface area contributed by atoms with E-state index in [4.69, 9.17) is 9.97 Å². The molecule has 6 aromatic rings. The van der Waals surface area contributed by atoms with Gasteiger partial charge in [-0.2, -0.15) is 0 Å². The van der Waals surface area contributed by atoms with E-state index in [-0.39, 0.29) is 4.90 Å². The second kappa shape index (κ2) is 10.4. The minimum absolute atomic E-state index is 0.237. The highest BCUT2D eigenvalue weighted by molar-refractivity contribution is 7.90. The van der Waals surface area contributed by atoms with Crippen LogP contribution >= 0.6 is 11.3 Å². The summed E-state index contributed by atoms with van der Waals surface area (Å²) in [7, 11) is -3.34. The first-order chi connectivity index (χ1) is 20.3. The number of hydrogen-bond donors (Lipinski definition) is 2. The molecule has 9 nitrogen and oxygen atoms in total. The predicted octanol–water partition coefficient (Wildman–Crippen LogP) is 6.16. The summed E-state index contributed by atoms with van der Waals surface area (Å²) in [5.41, 5.74) is 4.52. The molecule has 0 atom stereocenters. The Morgan fingerprint density at radius 1 is 0.884 bits per heavy atom. The van der Waals surface area contributed by atoms with E-state index in [1.54, 1.807) is 44.3 Å². The summed E-state index contributed by atoms with van der Waals surface area (Å²) in [5.74, 6) is 0.658. The minimum Gasteiger partial charge on any atom is -0.383 e. The van der Waals surface area contributed by atoms with Gasteiger partial charge in [-0.25, -0.2) is 18.5 Å². The summed E-state index contributed by atoms with van der Waals surface area (Å²) in [5, 5.41) is 27.1. The van der Waals surface area contributed by atoms with Gasteiger partial charge in [0.15, 0.2) is 15.7 Å². The van der Waals surface area contributed by atoms with Gasteiger partial charge >= 0.3 is 0 Å². The molecule has 2 N–H and O–H groups in total. The fraction of sp³-hybridized carbons (Fsp3) is 0.219. The number of H-pyrrole nitrogens is 1. The first-order valence-corrected chi connectivity index (χ1v) is 16.3. The summed E-state index contributed by atoms with van der Waals surface area (Å²) in [6, 6.07) is 23.1. The maximum atomic E-state index is 12.1. The number of aromatic amines is 1. The molecule has 0 saturated carbocycles. The van der Waals surface area contributed by atoms with E-state index in [1.807, 2.05) is 24.3 Å². The van der Waals surface area contributed by atoms with Crippen LogP contribution in [0.25, 0.3) is 43.7 Å². The molecule has 43 heavy (non-hydrogen) atoms. The van der Waals surface area contributed by atoms with Gasteiger partial charge in [0.05, 0.1) is 26.4 Å². The second-order valence-corrected chi connectivity index (χ2v) is 14.6. The molecule has 0 aliphatic heterocycles.